The van der Waals surface area contributed by atoms with Crippen molar-refractivity contribution in [2.24, 2.45) is 0 Å². The Labute approximate surface area is 156 Å². The molecule has 0 heterocycles. The van der Waals surface area contributed by atoms with Gasteiger partial charge in [-0.2, -0.15) is 0 Å². The molecule has 2 aromatic carbocycles. The summed E-state index contributed by atoms with van der Waals surface area (Å²) in [5.41, 5.74) is 1.64. The maximum atomic E-state index is 12.8. The highest BCUT2D eigenvalue weighted by Crippen LogP contribution is 2.15. The number of hydrogen-bond acceptors (Lipinski definition) is 4. The van der Waals surface area contributed by atoms with Crippen molar-refractivity contribution in [3.05, 3.63) is 59.9 Å². The number of halogens is 1. The molecule has 0 bridgehead atoms. The molecule has 2 aromatic rings. The smallest absolute Gasteiger partial charge is 0.234 e. The van der Waals surface area contributed by atoms with Crippen molar-refractivity contribution in [2.45, 2.75) is 6.42 Å². The summed E-state index contributed by atoms with van der Waals surface area (Å²) < 4.78 is 17.9. The van der Waals surface area contributed by atoms with E-state index < -0.39 is 0 Å². The molecule has 5 nitrogen and oxygen atoms in total. The van der Waals surface area contributed by atoms with E-state index in [0.717, 1.165) is 11.3 Å². The van der Waals surface area contributed by atoms with E-state index in [4.69, 9.17) is 4.74 Å². The molecule has 0 aliphatic heterocycles. The fraction of sp³-hybridized carbons (Fsp3) is 0.263. The van der Waals surface area contributed by atoms with E-state index in [-0.39, 0.29) is 29.1 Å². The maximum absolute atomic E-state index is 12.8. The number of methoxy groups -OCH3 is 1. The highest BCUT2D eigenvalue weighted by atomic mass is 32.2. The van der Waals surface area contributed by atoms with Crippen molar-refractivity contribution >= 4 is 29.3 Å². The average molecular weight is 376 g/mol. The Morgan fingerprint density at radius 1 is 1.00 bits per heavy atom. The van der Waals surface area contributed by atoms with Crippen molar-refractivity contribution in [3.63, 3.8) is 0 Å². The summed E-state index contributed by atoms with van der Waals surface area (Å²) in [4.78, 5) is 23.6. The third kappa shape index (κ3) is 7.14. The molecule has 0 radical (unpaired) electrons. The van der Waals surface area contributed by atoms with Gasteiger partial charge in [-0.15, -0.1) is 11.8 Å². The lowest BCUT2D eigenvalue weighted by Gasteiger charge is -2.07. The van der Waals surface area contributed by atoms with E-state index in [2.05, 4.69) is 10.6 Å². The minimum Gasteiger partial charge on any atom is -0.497 e. The third-order valence-electron chi connectivity index (χ3n) is 3.49. The quantitative estimate of drug-likeness (QED) is 0.706. The van der Waals surface area contributed by atoms with Gasteiger partial charge in [-0.3, -0.25) is 9.59 Å². The Morgan fingerprint density at radius 2 is 1.65 bits per heavy atom. The van der Waals surface area contributed by atoms with Crippen LogP contribution in [0.3, 0.4) is 0 Å². The van der Waals surface area contributed by atoms with Crippen LogP contribution in [0, 0.1) is 5.82 Å². The molecule has 2 rings (SSSR count). The van der Waals surface area contributed by atoms with Gasteiger partial charge < -0.3 is 15.4 Å². The van der Waals surface area contributed by atoms with Gasteiger partial charge in [0.05, 0.1) is 18.6 Å². The molecule has 0 unspecified atom stereocenters. The van der Waals surface area contributed by atoms with Gasteiger partial charge in [-0.1, -0.05) is 12.1 Å². The zero-order chi connectivity index (χ0) is 18.8. The second-order valence-electron chi connectivity index (χ2n) is 5.50. The first-order valence-corrected chi connectivity index (χ1v) is 9.25. The van der Waals surface area contributed by atoms with Crippen LogP contribution in [0.25, 0.3) is 0 Å². The molecule has 26 heavy (non-hydrogen) atoms. The average Bonchev–Trinajstić information content (AvgIpc) is 2.64. The number of carbonyl (C=O) groups excluding carboxylic acids is 2. The van der Waals surface area contributed by atoms with Crippen LogP contribution in [0.5, 0.6) is 5.75 Å². The standard InChI is InChI=1S/C19H21FN2O3S/c1-25-17-8-6-16(7-9-17)22-19(24)13-26-12-18(23)21-11-10-14-2-4-15(20)5-3-14/h2-9H,10-13H2,1H3,(H,21,23)(H,22,24). The summed E-state index contributed by atoms with van der Waals surface area (Å²) in [6.45, 7) is 0.475. The van der Waals surface area contributed by atoms with Crippen LogP contribution in [-0.4, -0.2) is 37.0 Å². The highest BCUT2D eigenvalue weighted by Gasteiger charge is 2.06. The first-order chi connectivity index (χ1) is 12.6. The number of amides is 2. The summed E-state index contributed by atoms with van der Waals surface area (Å²) in [5.74, 6) is 0.544. The Morgan fingerprint density at radius 3 is 2.31 bits per heavy atom. The van der Waals surface area contributed by atoms with Gasteiger partial charge in [0.1, 0.15) is 11.6 Å². The minimum absolute atomic E-state index is 0.130. The Hall–Kier alpha value is -2.54. The molecule has 2 N–H and O–H groups in total. The first-order valence-electron chi connectivity index (χ1n) is 8.09. The second kappa shape index (κ2) is 10.5. The number of benzene rings is 2. The lowest BCUT2D eigenvalue weighted by Crippen LogP contribution is -2.28. The number of thioether (sulfide) groups is 1. The third-order valence-corrected chi connectivity index (χ3v) is 4.42. The van der Waals surface area contributed by atoms with Crippen LogP contribution in [0.1, 0.15) is 5.56 Å². The fourth-order valence-corrected chi connectivity index (χ4v) is 2.80. The van der Waals surface area contributed by atoms with Gasteiger partial charge in [0.2, 0.25) is 11.8 Å². The molecule has 0 spiro atoms. The molecule has 138 valence electrons. The molecule has 0 aliphatic rings. The molecular formula is C19H21FN2O3S. The minimum atomic E-state index is -0.276. The van der Waals surface area contributed by atoms with E-state index >= 15 is 0 Å². The SMILES string of the molecule is COc1ccc(NC(=O)CSCC(=O)NCCc2ccc(F)cc2)cc1. The second-order valence-corrected chi connectivity index (χ2v) is 6.48. The number of rotatable bonds is 9. The van der Waals surface area contributed by atoms with Crippen molar-refractivity contribution in [3.8, 4) is 5.75 Å². The predicted molar refractivity (Wildman–Crippen MR) is 102 cm³/mol. The Bertz CT molecular complexity index is 721. The van der Waals surface area contributed by atoms with E-state index in [1.165, 1.54) is 23.9 Å². The molecule has 7 heteroatoms. The zero-order valence-corrected chi connectivity index (χ0v) is 15.3. The van der Waals surface area contributed by atoms with Gasteiger partial charge in [0.25, 0.3) is 0 Å². The van der Waals surface area contributed by atoms with Crippen molar-refractivity contribution in [1.29, 1.82) is 0 Å². The normalized spacial score (nSPS) is 10.2. The van der Waals surface area contributed by atoms with Gasteiger partial charge in [0, 0.05) is 12.2 Å². The van der Waals surface area contributed by atoms with Gasteiger partial charge in [-0.25, -0.2) is 4.39 Å². The Kier molecular flexibility index (Phi) is 7.95. The van der Waals surface area contributed by atoms with Crippen LogP contribution in [0.4, 0.5) is 10.1 Å². The number of ether oxygens (including phenoxy) is 1. The van der Waals surface area contributed by atoms with Gasteiger partial charge >= 0.3 is 0 Å². The van der Waals surface area contributed by atoms with Crippen LogP contribution < -0.4 is 15.4 Å². The van der Waals surface area contributed by atoms with E-state index in [0.29, 0.717) is 18.7 Å². The van der Waals surface area contributed by atoms with E-state index in [1.807, 2.05) is 0 Å². The monoisotopic (exact) mass is 376 g/mol. The maximum Gasteiger partial charge on any atom is 0.234 e. The topological polar surface area (TPSA) is 67.4 Å². The van der Waals surface area contributed by atoms with Crippen LogP contribution in [0.15, 0.2) is 48.5 Å². The number of hydrogen-bond donors (Lipinski definition) is 2. The van der Waals surface area contributed by atoms with Crippen LogP contribution in [0.2, 0.25) is 0 Å². The molecule has 0 fully saturated rings. The number of nitrogens with one attached hydrogen (secondary N) is 2. The fourth-order valence-electron chi connectivity index (χ4n) is 2.16. The summed E-state index contributed by atoms with van der Waals surface area (Å²) >= 11 is 1.25. The molecule has 2 amide bonds. The van der Waals surface area contributed by atoms with Gasteiger partial charge in [-0.05, 0) is 48.4 Å². The molecule has 0 saturated carbocycles. The number of anilines is 1. The molecular weight excluding hydrogens is 355 g/mol. The van der Waals surface area contributed by atoms with Crippen molar-refractivity contribution in [2.75, 3.05) is 30.5 Å². The summed E-state index contributed by atoms with van der Waals surface area (Å²) in [7, 11) is 1.58. The molecule has 0 aliphatic carbocycles. The molecule has 0 atom stereocenters. The first kappa shape index (κ1) is 19.8. The number of carbonyl (C=O) groups is 2. The van der Waals surface area contributed by atoms with E-state index in [1.54, 1.807) is 43.5 Å². The molecule has 0 aromatic heterocycles. The lowest BCUT2D eigenvalue weighted by molar-refractivity contribution is -0.118. The van der Waals surface area contributed by atoms with Crippen LogP contribution >= 0.6 is 11.8 Å². The summed E-state index contributed by atoms with van der Waals surface area (Å²) in [6.07, 6.45) is 0.634. The summed E-state index contributed by atoms with van der Waals surface area (Å²) in [6, 6.07) is 13.2. The molecule has 0 saturated heterocycles. The zero-order valence-electron chi connectivity index (χ0n) is 14.5. The van der Waals surface area contributed by atoms with Gasteiger partial charge in [0.15, 0.2) is 0 Å². The van der Waals surface area contributed by atoms with Crippen molar-refractivity contribution < 1.29 is 18.7 Å². The van der Waals surface area contributed by atoms with E-state index in [9.17, 15) is 14.0 Å². The summed E-state index contributed by atoms with van der Waals surface area (Å²) in [5, 5.41) is 5.54. The largest absolute Gasteiger partial charge is 0.497 e. The van der Waals surface area contributed by atoms with Crippen LogP contribution in [-0.2, 0) is 16.0 Å². The Balaban J connectivity index is 1.59. The predicted octanol–water partition coefficient (Wildman–Crippen LogP) is 2.86. The highest BCUT2D eigenvalue weighted by molar-refractivity contribution is 8.00. The lowest BCUT2D eigenvalue weighted by atomic mass is 10.1. The van der Waals surface area contributed by atoms with Crippen molar-refractivity contribution in [1.82, 2.24) is 5.32 Å².